The number of carbonyl (C=O) groups is 1. The van der Waals surface area contributed by atoms with Crippen LogP contribution in [0.5, 0.6) is 0 Å². The molecule has 34 heavy (non-hydrogen) atoms. The molecule has 1 aromatic heterocycles. The molecule has 1 saturated heterocycles. The lowest BCUT2D eigenvalue weighted by Crippen LogP contribution is -2.49. The lowest BCUT2D eigenvalue weighted by molar-refractivity contribution is 0.0739. The third-order valence-corrected chi connectivity index (χ3v) is 7.19. The standard InChI is InChI=1S/C25H24Cl2FN5O/c26-19-8-9-20(28)24(27)18(19)16-33-10-4-7-21-23(33)15-22(30-29-21)25(34)32-13-11-31(12-14-32)17-5-2-1-3-6-17/h1-3,5-6,8-9,15H,4,7,10-14,16H2. The van der Waals surface area contributed by atoms with Crippen LogP contribution in [0.4, 0.5) is 15.8 Å². The number of aromatic nitrogens is 2. The number of piperazine rings is 1. The molecule has 2 aromatic carbocycles. The molecule has 6 nitrogen and oxygen atoms in total. The minimum Gasteiger partial charge on any atom is -0.368 e. The Hall–Kier alpha value is -2.90. The Morgan fingerprint density at radius 1 is 0.971 bits per heavy atom. The zero-order valence-corrected chi connectivity index (χ0v) is 20.1. The van der Waals surface area contributed by atoms with Gasteiger partial charge < -0.3 is 14.7 Å². The Labute approximate surface area is 207 Å². The predicted octanol–water partition coefficient (Wildman–Crippen LogP) is 4.84. The van der Waals surface area contributed by atoms with E-state index in [-0.39, 0.29) is 10.9 Å². The van der Waals surface area contributed by atoms with E-state index >= 15 is 0 Å². The monoisotopic (exact) mass is 499 g/mol. The van der Waals surface area contributed by atoms with E-state index < -0.39 is 5.82 Å². The molecule has 1 fully saturated rings. The van der Waals surface area contributed by atoms with Crippen molar-refractivity contribution in [3.8, 4) is 0 Å². The summed E-state index contributed by atoms with van der Waals surface area (Å²) in [5.41, 5.74) is 3.64. The van der Waals surface area contributed by atoms with Crippen LogP contribution in [0.2, 0.25) is 10.0 Å². The van der Waals surface area contributed by atoms with Crippen molar-refractivity contribution >= 4 is 40.5 Å². The van der Waals surface area contributed by atoms with Crippen molar-refractivity contribution in [2.24, 2.45) is 0 Å². The highest BCUT2D eigenvalue weighted by Crippen LogP contribution is 2.33. The van der Waals surface area contributed by atoms with Crippen LogP contribution in [-0.4, -0.2) is 53.7 Å². The van der Waals surface area contributed by atoms with Crippen molar-refractivity contribution in [3.63, 3.8) is 0 Å². The number of aryl methyl sites for hydroxylation is 1. The molecule has 0 radical (unpaired) electrons. The SMILES string of the molecule is O=C(c1cc2c(nn1)CCCN2Cc1c(Cl)ccc(F)c1Cl)N1CCN(c2ccccc2)CC1. The first kappa shape index (κ1) is 22.9. The maximum absolute atomic E-state index is 14.0. The Morgan fingerprint density at radius 2 is 1.74 bits per heavy atom. The number of hydrogen-bond donors (Lipinski definition) is 0. The topological polar surface area (TPSA) is 52.6 Å². The quantitative estimate of drug-likeness (QED) is 0.480. The molecule has 0 atom stereocenters. The highest BCUT2D eigenvalue weighted by molar-refractivity contribution is 6.36. The van der Waals surface area contributed by atoms with Gasteiger partial charge in [-0.2, -0.15) is 5.10 Å². The molecule has 0 saturated carbocycles. The van der Waals surface area contributed by atoms with Gasteiger partial charge in [0.05, 0.1) is 16.4 Å². The van der Waals surface area contributed by atoms with E-state index in [1.54, 1.807) is 6.07 Å². The van der Waals surface area contributed by atoms with Gasteiger partial charge in [0.2, 0.25) is 0 Å². The second-order valence-electron chi connectivity index (χ2n) is 8.52. The van der Waals surface area contributed by atoms with Crippen LogP contribution in [0.25, 0.3) is 0 Å². The highest BCUT2D eigenvalue weighted by atomic mass is 35.5. The number of carbonyl (C=O) groups excluding carboxylic acids is 1. The fourth-order valence-electron chi connectivity index (χ4n) is 4.56. The van der Waals surface area contributed by atoms with Crippen LogP contribution >= 0.6 is 23.2 Å². The van der Waals surface area contributed by atoms with E-state index in [9.17, 15) is 9.18 Å². The maximum Gasteiger partial charge on any atom is 0.274 e. The van der Waals surface area contributed by atoms with Crippen LogP contribution < -0.4 is 9.80 Å². The molecule has 2 aliphatic rings. The minimum atomic E-state index is -0.503. The molecule has 3 aromatic rings. The maximum atomic E-state index is 14.0. The number of amides is 1. The third-order valence-electron chi connectivity index (χ3n) is 6.43. The Balaban J connectivity index is 1.33. The van der Waals surface area contributed by atoms with Crippen molar-refractivity contribution in [3.05, 3.63) is 81.3 Å². The molecule has 5 rings (SSSR count). The number of anilines is 2. The number of hydrogen-bond acceptors (Lipinski definition) is 5. The molecule has 1 amide bonds. The third kappa shape index (κ3) is 4.55. The van der Waals surface area contributed by atoms with Crippen LogP contribution in [0.3, 0.4) is 0 Å². The smallest absolute Gasteiger partial charge is 0.274 e. The van der Waals surface area contributed by atoms with E-state index in [4.69, 9.17) is 23.2 Å². The molecular weight excluding hydrogens is 476 g/mol. The number of benzene rings is 2. The Bertz CT molecular complexity index is 1200. The lowest BCUT2D eigenvalue weighted by atomic mass is 10.1. The van der Waals surface area contributed by atoms with Crippen molar-refractivity contribution in [1.29, 1.82) is 0 Å². The average Bonchev–Trinajstić information content (AvgIpc) is 2.89. The van der Waals surface area contributed by atoms with Crippen LogP contribution in [0, 0.1) is 5.82 Å². The van der Waals surface area contributed by atoms with Gasteiger partial charge in [0.15, 0.2) is 5.69 Å². The van der Waals surface area contributed by atoms with Gasteiger partial charge in [0.1, 0.15) is 5.82 Å². The number of rotatable bonds is 4. The van der Waals surface area contributed by atoms with Gasteiger partial charge in [0.25, 0.3) is 5.91 Å². The van der Waals surface area contributed by atoms with Gasteiger partial charge in [-0.15, -0.1) is 5.10 Å². The zero-order chi connectivity index (χ0) is 23.7. The van der Waals surface area contributed by atoms with E-state index in [1.807, 2.05) is 28.0 Å². The van der Waals surface area contributed by atoms with E-state index in [0.717, 1.165) is 49.5 Å². The average molecular weight is 500 g/mol. The zero-order valence-electron chi connectivity index (χ0n) is 18.6. The van der Waals surface area contributed by atoms with Crippen LogP contribution in [-0.2, 0) is 13.0 Å². The summed E-state index contributed by atoms with van der Waals surface area (Å²) in [6, 6.07) is 14.8. The Kier molecular flexibility index (Phi) is 6.57. The summed E-state index contributed by atoms with van der Waals surface area (Å²) in [4.78, 5) is 19.4. The molecule has 0 unspecified atom stereocenters. The van der Waals surface area contributed by atoms with Gasteiger partial charge >= 0.3 is 0 Å². The van der Waals surface area contributed by atoms with Crippen molar-refractivity contribution in [2.75, 3.05) is 42.5 Å². The van der Waals surface area contributed by atoms with Gasteiger partial charge in [-0.3, -0.25) is 4.79 Å². The lowest BCUT2D eigenvalue weighted by Gasteiger charge is -2.36. The number of halogens is 3. The molecule has 0 N–H and O–H groups in total. The van der Waals surface area contributed by atoms with E-state index in [1.165, 1.54) is 12.1 Å². The van der Waals surface area contributed by atoms with Gasteiger partial charge in [0, 0.05) is 55.5 Å². The summed E-state index contributed by atoms with van der Waals surface area (Å²) in [5, 5.41) is 9.04. The van der Waals surface area contributed by atoms with Gasteiger partial charge in [-0.05, 0) is 43.2 Å². The summed E-state index contributed by atoms with van der Waals surface area (Å²) in [6.07, 6.45) is 1.65. The Morgan fingerprint density at radius 3 is 2.50 bits per heavy atom. The minimum absolute atomic E-state index is 0.0224. The molecule has 0 bridgehead atoms. The second kappa shape index (κ2) is 9.76. The fraction of sp³-hybridized carbons (Fsp3) is 0.320. The van der Waals surface area contributed by atoms with Gasteiger partial charge in [-0.1, -0.05) is 41.4 Å². The van der Waals surface area contributed by atoms with Crippen LogP contribution in [0.1, 0.15) is 28.2 Å². The number of nitrogens with zero attached hydrogens (tertiary/aromatic N) is 5. The summed E-state index contributed by atoms with van der Waals surface area (Å²) in [5.74, 6) is -0.632. The molecular formula is C25H24Cl2FN5O. The van der Waals surface area contributed by atoms with Crippen LogP contribution in [0.15, 0.2) is 48.5 Å². The fourth-order valence-corrected chi connectivity index (χ4v) is 5.05. The first-order valence-corrected chi connectivity index (χ1v) is 12.1. The second-order valence-corrected chi connectivity index (χ2v) is 9.31. The van der Waals surface area contributed by atoms with E-state index in [2.05, 4.69) is 27.2 Å². The molecule has 176 valence electrons. The van der Waals surface area contributed by atoms with Gasteiger partial charge in [-0.25, -0.2) is 4.39 Å². The van der Waals surface area contributed by atoms with Crippen molar-refractivity contribution < 1.29 is 9.18 Å². The molecule has 9 heteroatoms. The van der Waals surface area contributed by atoms with E-state index in [0.29, 0.717) is 35.9 Å². The molecule has 0 aliphatic carbocycles. The van der Waals surface area contributed by atoms with Crippen molar-refractivity contribution in [1.82, 2.24) is 15.1 Å². The highest BCUT2D eigenvalue weighted by Gasteiger charge is 2.27. The first-order chi connectivity index (χ1) is 16.5. The molecule has 2 aliphatic heterocycles. The number of para-hydroxylation sites is 1. The summed E-state index contributed by atoms with van der Waals surface area (Å²) >= 11 is 12.5. The largest absolute Gasteiger partial charge is 0.368 e. The first-order valence-electron chi connectivity index (χ1n) is 11.3. The number of fused-ring (bicyclic) bond motifs is 1. The predicted molar refractivity (Wildman–Crippen MR) is 132 cm³/mol. The normalized spacial score (nSPS) is 15.9. The molecule has 0 spiro atoms. The van der Waals surface area contributed by atoms with Crippen molar-refractivity contribution in [2.45, 2.75) is 19.4 Å². The summed E-state index contributed by atoms with van der Waals surface area (Å²) < 4.78 is 14.0. The molecule has 3 heterocycles. The summed E-state index contributed by atoms with van der Waals surface area (Å²) in [7, 11) is 0. The summed E-state index contributed by atoms with van der Waals surface area (Å²) in [6.45, 7) is 3.81.